The van der Waals surface area contributed by atoms with Crippen molar-refractivity contribution in [2.24, 2.45) is 7.05 Å². The van der Waals surface area contributed by atoms with E-state index in [9.17, 15) is 0 Å². The molecule has 1 aromatic heterocycles. The number of halogens is 1. The van der Waals surface area contributed by atoms with Crippen molar-refractivity contribution in [3.63, 3.8) is 0 Å². The largest absolute Gasteiger partial charge is 0.488 e. The predicted octanol–water partition coefficient (Wildman–Crippen LogP) is 2.90. The van der Waals surface area contributed by atoms with Gasteiger partial charge in [0, 0.05) is 42.0 Å². The molecule has 1 heterocycles. The molecule has 106 valence electrons. The van der Waals surface area contributed by atoms with Gasteiger partial charge in [-0.1, -0.05) is 17.7 Å². The fourth-order valence-electron chi connectivity index (χ4n) is 2.09. The average molecular weight is 292 g/mol. The second-order valence-corrected chi connectivity index (χ2v) is 5.59. The van der Waals surface area contributed by atoms with Crippen molar-refractivity contribution in [2.45, 2.75) is 32.0 Å². The average Bonchev–Trinajstić information content (AvgIpc) is 3.17. The second-order valence-electron chi connectivity index (χ2n) is 5.18. The van der Waals surface area contributed by atoms with Crippen LogP contribution in [0.15, 0.2) is 30.6 Å². The van der Waals surface area contributed by atoms with Crippen LogP contribution in [0.1, 0.15) is 24.0 Å². The molecular weight excluding hydrogens is 274 g/mol. The monoisotopic (exact) mass is 291 g/mol. The van der Waals surface area contributed by atoms with Gasteiger partial charge in [0.25, 0.3) is 0 Å². The topological polar surface area (TPSA) is 39.1 Å². The highest BCUT2D eigenvalue weighted by atomic mass is 35.5. The number of hydrogen-bond donors (Lipinski definition) is 1. The zero-order chi connectivity index (χ0) is 13.9. The van der Waals surface area contributed by atoms with Gasteiger partial charge in [-0.15, -0.1) is 0 Å². The van der Waals surface area contributed by atoms with Crippen LogP contribution in [0, 0.1) is 0 Å². The smallest absolute Gasteiger partial charge is 0.125 e. The van der Waals surface area contributed by atoms with Gasteiger partial charge in [-0.05, 0) is 25.0 Å². The molecular formula is C15H18ClN3O. The van der Waals surface area contributed by atoms with Crippen LogP contribution in [-0.4, -0.2) is 15.8 Å². The number of rotatable bonds is 6. The molecule has 0 amide bonds. The minimum Gasteiger partial charge on any atom is -0.488 e. The molecule has 1 fully saturated rings. The third-order valence-electron chi connectivity index (χ3n) is 3.37. The fraction of sp³-hybridized carbons (Fsp3) is 0.400. The van der Waals surface area contributed by atoms with Crippen molar-refractivity contribution in [1.82, 2.24) is 15.1 Å². The summed E-state index contributed by atoms with van der Waals surface area (Å²) in [6.07, 6.45) is 6.28. The normalized spacial score (nSPS) is 14.5. The van der Waals surface area contributed by atoms with Crippen LogP contribution in [0.5, 0.6) is 5.75 Å². The minimum atomic E-state index is 0.505. The third-order valence-corrected chi connectivity index (χ3v) is 3.73. The summed E-state index contributed by atoms with van der Waals surface area (Å²) in [5.74, 6) is 0.842. The van der Waals surface area contributed by atoms with Crippen molar-refractivity contribution in [3.05, 3.63) is 46.7 Å². The summed E-state index contributed by atoms with van der Waals surface area (Å²) in [6.45, 7) is 1.26. The van der Waals surface area contributed by atoms with Gasteiger partial charge in [-0.25, -0.2) is 0 Å². The molecule has 0 bridgehead atoms. The van der Waals surface area contributed by atoms with E-state index >= 15 is 0 Å². The Kier molecular flexibility index (Phi) is 3.94. The molecule has 0 saturated heterocycles. The molecule has 1 aromatic carbocycles. The Hall–Kier alpha value is -1.52. The van der Waals surface area contributed by atoms with Crippen LogP contribution in [-0.2, 0) is 20.2 Å². The van der Waals surface area contributed by atoms with Gasteiger partial charge in [0.1, 0.15) is 12.4 Å². The lowest BCUT2D eigenvalue weighted by Crippen LogP contribution is -2.16. The highest BCUT2D eigenvalue weighted by Crippen LogP contribution is 2.28. The number of hydrogen-bond acceptors (Lipinski definition) is 3. The quantitative estimate of drug-likeness (QED) is 0.889. The van der Waals surface area contributed by atoms with Gasteiger partial charge in [0.05, 0.1) is 6.20 Å². The van der Waals surface area contributed by atoms with Crippen LogP contribution in [0.3, 0.4) is 0 Å². The number of benzene rings is 1. The van der Waals surface area contributed by atoms with E-state index < -0.39 is 0 Å². The molecule has 1 saturated carbocycles. The van der Waals surface area contributed by atoms with Crippen LogP contribution in [0.2, 0.25) is 5.02 Å². The first-order valence-electron chi connectivity index (χ1n) is 6.83. The van der Waals surface area contributed by atoms with Crippen LogP contribution in [0.25, 0.3) is 0 Å². The number of nitrogens with zero attached hydrogens (tertiary/aromatic N) is 2. The Balaban J connectivity index is 1.68. The molecule has 0 radical (unpaired) electrons. The van der Waals surface area contributed by atoms with E-state index in [1.165, 1.54) is 12.8 Å². The van der Waals surface area contributed by atoms with E-state index in [-0.39, 0.29) is 0 Å². The van der Waals surface area contributed by atoms with E-state index in [2.05, 4.69) is 10.4 Å². The van der Waals surface area contributed by atoms with Crippen LogP contribution >= 0.6 is 11.6 Å². The lowest BCUT2D eigenvalue weighted by atomic mass is 10.2. The minimum absolute atomic E-state index is 0.505. The summed E-state index contributed by atoms with van der Waals surface area (Å²) in [7, 11) is 1.90. The van der Waals surface area contributed by atoms with E-state index in [0.29, 0.717) is 12.6 Å². The Labute approximate surface area is 123 Å². The Bertz CT molecular complexity index is 593. The van der Waals surface area contributed by atoms with Gasteiger partial charge in [-0.3, -0.25) is 4.68 Å². The maximum Gasteiger partial charge on any atom is 0.125 e. The van der Waals surface area contributed by atoms with E-state index in [4.69, 9.17) is 16.3 Å². The summed E-state index contributed by atoms with van der Waals surface area (Å²) in [5.41, 5.74) is 2.08. The second kappa shape index (κ2) is 5.85. The molecule has 3 rings (SSSR count). The standard InChI is InChI=1S/C15H18ClN3O/c1-19-9-11(7-18-19)10-20-15-4-2-3-14(16)13(15)8-17-12-5-6-12/h2-4,7,9,12,17H,5-6,8,10H2,1H3. The first kappa shape index (κ1) is 13.5. The molecule has 0 atom stereocenters. The summed E-state index contributed by atoms with van der Waals surface area (Å²) in [6, 6.07) is 6.44. The Morgan fingerprint density at radius 3 is 3.00 bits per heavy atom. The summed E-state index contributed by atoms with van der Waals surface area (Å²) in [4.78, 5) is 0. The Morgan fingerprint density at radius 2 is 2.30 bits per heavy atom. The van der Waals surface area contributed by atoms with E-state index in [1.807, 2.05) is 37.6 Å². The zero-order valence-electron chi connectivity index (χ0n) is 11.5. The molecule has 5 heteroatoms. The number of nitrogens with one attached hydrogen (secondary N) is 1. The molecule has 0 unspecified atom stereocenters. The highest BCUT2D eigenvalue weighted by molar-refractivity contribution is 6.31. The molecule has 0 aliphatic heterocycles. The van der Waals surface area contributed by atoms with Crippen molar-refractivity contribution in [3.8, 4) is 5.75 Å². The van der Waals surface area contributed by atoms with Gasteiger partial charge >= 0.3 is 0 Å². The number of ether oxygens (including phenoxy) is 1. The van der Waals surface area contributed by atoms with Crippen LogP contribution < -0.4 is 10.1 Å². The molecule has 2 aromatic rings. The van der Waals surface area contributed by atoms with Gasteiger partial charge in [-0.2, -0.15) is 5.10 Å². The first-order valence-corrected chi connectivity index (χ1v) is 7.21. The molecule has 20 heavy (non-hydrogen) atoms. The number of aromatic nitrogens is 2. The van der Waals surface area contributed by atoms with E-state index in [1.54, 1.807) is 4.68 Å². The molecule has 1 N–H and O–H groups in total. The molecule has 1 aliphatic rings. The van der Waals surface area contributed by atoms with E-state index in [0.717, 1.165) is 28.4 Å². The van der Waals surface area contributed by atoms with Crippen molar-refractivity contribution < 1.29 is 4.74 Å². The summed E-state index contributed by atoms with van der Waals surface area (Å²) >= 11 is 6.28. The SMILES string of the molecule is Cn1cc(COc2cccc(Cl)c2CNC2CC2)cn1. The molecule has 1 aliphatic carbocycles. The van der Waals surface area contributed by atoms with Gasteiger partial charge in [0.15, 0.2) is 0 Å². The van der Waals surface area contributed by atoms with Crippen molar-refractivity contribution in [1.29, 1.82) is 0 Å². The third kappa shape index (κ3) is 3.32. The molecule has 0 spiro atoms. The fourth-order valence-corrected chi connectivity index (χ4v) is 2.32. The zero-order valence-corrected chi connectivity index (χ0v) is 12.2. The predicted molar refractivity (Wildman–Crippen MR) is 78.9 cm³/mol. The Morgan fingerprint density at radius 1 is 1.45 bits per heavy atom. The van der Waals surface area contributed by atoms with Gasteiger partial charge in [0.2, 0.25) is 0 Å². The molecule has 4 nitrogen and oxygen atoms in total. The van der Waals surface area contributed by atoms with Crippen molar-refractivity contribution >= 4 is 11.6 Å². The maximum absolute atomic E-state index is 6.28. The lowest BCUT2D eigenvalue weighted by Gasteiger charge is -2.13. The van der Waals surface area contributed by atoms with Gasteiger partial charge < -0.3 is 10.1 Å². The van der Waals surface area contributed by atoms with Crippen LogP contribution in [0.4, 0.5) is 0 Å². The highest BCUT2D eigenvalue weighted by Gasteiger charge is 2.21. The number of aryl methyl sites for hydroxylation is 1. The summed E-state index contributed by atoms with van der Waals surface area (Å²) in [5, 5.41) is 8.36. The lowest BCUT2D eigenvalue weighted by molar-refractivity contribution is 0.302. The summed E-state index contributed by atoms with van der Waals surface area (Å²) < 4.78 is 7.66. The first-order chi connectivity index (χ1) is 9.72. The van der Waals surface area contributed by atoms with Crippen molar-refractivity contribution in [2.75, 3.05) is 0 Å². The maximum atomic E-state index is 6.28.